The van der Waals surface area contributed by atoms with E-state index in [9.17, 15) is 9.59 Å². The van der Waals surface area contributed by atoms with Crippen LogP contribution in [0.25, 0.3) is 0 Å². The second-order valence-electron chi connectivity index (χ2n) is 6.59. The van der Waals surface area contributed by atoms with Crippen molar-refractivity contribution in [3.8, 4) is 5.75 Å². The molecular weight excluding hydrogens is 332 g/mol. The van der Waals surface area contributed by atoms with E-state index in [-0.39, 0.29) is 11.5 Å². The molecule has 2 aromatic carbocycles. The van der Waals surface area contributed by atoms with Gasteiger partial charge in [0.15, 0.2) is 6.73 Å². The van der Waals surface area contributed by atoms with Gasteiger partial charge >= 0.3 is 5.97 Å². The molecule has 0 atom stereocenters. The third kappa shape index (κ3) is 2.98. The van der Waals surface area contributed by atoms with Crippen molar-refractivity contribution in [3.63, 3.8) is 0 Å². The number of anilines is 2. The number of carbonyl (C=O) groups excluding carboxylic acids is 1. The molecule has 26 heavy (non-hydrogen) atoms. The van der Waals surface area contributed by atoms with Crippen molar-refractivity contribution in [2.75, 3.05) is 24.7 Å². The van der Waals surface area contributed by atoms with Crippen LogP contribution in [-0.2, 0) is 0 Å². The predicted octanol–water partition coefficient (Wildman–Crippen LogP) is 3.50. The minimum absolute atomic E-state index is 0.0559. The quantitative estimate of drug-likeness (QED) is 0.915. The highest BCUT2D eigenvalue weighted by Crippen LogP contribution is 2.39. The highest BCUT2D eigenvalue weighted by atomic mass is 16.5. The number of carboxylic acid groups (broad SMARTS) is 1. The van der Waals surface area contributed by atoms with Gasteiger partial charge in [-0.2, -0.15) is 0 Å². The van der Waals surface area contributed by atoms with Crippen molar-refractivity contribution in [1.29, 1.82) is 0 Å². The molecule has 6 nitrogen and oxygen atoms in total. The first-order valence-corrected chi connectivity index (χ1v) is 8.80. The Kier molecular flexibility index (Phi) is 4.24. The number of fused-ring (bicyclic) bond motifs is 1. The summed E-state index contributed by atoms with van der Waals surface area (Å²) in [4.78, 5) is 27.5. The summed E-state index contributed by atoms with van der Waals surface area (Å²) in [5.41, 5.74) is 2.62. The lowest BCUT2D eigenvalue weighted by molar-refractivity contribution is 0.0694. The lowest BCUT2D eigenvalue weighted by Gasteiger charge is -2.26. The second-order valence-corrected chi connectivity index (χ2v) is 6.59. The Hall–Kier alpha value is -3.02. The zero-order valence-electron chi connectivity index (χ0n) is 14.4. The molecule has 6 heteroatoms. The predicted molar refractivity (Wildman–Crippen MR) is 97.2 cm³/mol. The third-order valence-corrected chi connectivity index (χ3v) is 4.92. The lowest BCUT2D eigenvalue weighted by atomic mass is 10.1. The molecule has 1 amide bonds. The molecule has 0 saturated carbocycles. The van der Waals surface area contributed by atoms with E-state index < -0.39 is 5.97 Å². The van der Waals surface area contributed by atoms with Crippen LogP contribution >= 0.6 is 0 Å². The van der Waals surface area contributed by atoms with Gasteiger partial charge in [0.2, 0.25) is 0 Å². The van der Waals surface area contributed by atoms with Crippen molar-refractivity contribution in [2.24, 2.45) is 0 Å². The fourth-order valence-corrected chi connectivity index (χ4v) is 3.47. The van der Waals surface area contributed by atoms with Crippen LogP contribution < -0.4 is 9.64 Å². The molecule has 2 aliphatic heterocycles. The first-order valence-electron chi connectivity index (χ1n) is 8.80. The lowest BCUT2D eigenvalue weighted by Crippen LogP contribution is -2.35. The van der Waals surface area contributed by atoms with Crippen LogP contribution in [-0.4, -0.2) is 41.7 Å². The summed E-state index contributed by atoms with van der Waals surface area (Å²) in [5, 5.41) is 9.01. The fraction of sp³-hybridized carbons (Fsp3) is 0.300. The number of hydrogen-bond donors (Lipinski definition) is 1. The average molecular weight is 352 g/mol. The van der Waals surface area contributed by atoms with Crippen molar-refractivity contribution < 1.29 is 19.4 Å². The molecular formula is C20H20N2O4. The molecule has 2 heterocycles. The van der Waals surface area contributed by atoms with Gasteiger partial charge < -0.3 is 19.6 Å². The van der Waals surface area contributed by atoms with Gasteiger partial charge in [0.1, 0.15) is 5.75 Å². The molecule has 4 rings (SSSR count). The number of ether oxygens (including phenoxy) is 1. The number of amides is 1. The van der Waals surface area contributed by atoms with E-state index in [0.717, 1.165) is 37.3 Å². The van der Waals surface area contributed by atoms with Crippen LogP contribution in [0.2, 0.25) is 0 Å². The minimum Gasteiger partial charge on any atom is -0.478 e. The Morgan fingerprint density at radius 1 is 0.923 bits per heavy atom. The second kappa shape index (κ2) is 6.71. The number of piperidine rings is 1. The Labute approximate surface area is 151 Å². The number of benzene rings is 2. The third-order valence-electron chi connectivity index (χ3n) is 4.92. The highest BCUT2D eigenvalue weighted by molar-refractivity contribution is 5.96. The van der Waals surface area contributed by atoms with Crippen LogP contribution in [0.3, 0.4) is 0 Å². The van der Waals surface area contributed by atoms with Gasteiger partial charge in [-0.25, -0.2) is 4.79 Å². The number of nitrogens with zero attached hydrogens (tertiary/aromatic N) is 2. The van der Waals surface area contributed by atoms with Gasteiger partial charge in [-0.05, 0) is 61.7 Å². The SMILES string of the molecule is O=C(O)c1ccc(N2COc3cc(C(=O)N4CCCCC4)ccc32)cc1. The minimum atomic E-state index is -0.949. The van der Waals surface area contributed by atoms with E-state index in [1.807, 2.05) is 21.9 Å². The van der Waals surface area contributed by atoms with Crippen LogP contribution in [0.5, 0.6) is 5.75 Å². The van der Waals surface area contributed by atoms with Crippen LogP contribution in [0.1, 0.15) is 40.0 Å². The van der Waals surface area contributed by atoms with Crippen molar-refractivity contribution in [3.05, 3.63) is 53.6 Å². The monoisotopic (exact) mass is 352 g/mol. The number of carbonyl (C=O) groups is 2. The summed E-state index contributed by atoms with van der Waals surface area (Å²) in [6.45, 7) is 1.97. The molecule has 2 aromatic rings. The largest absolute Gasteiger partial charge is 0.478 e. The molecule has 0 spiro atoms. The maximum Gasteiger partial charge on any atom is 0.335 e. The van der Waals surface area contributed by atoms with E-state index in [1.165, 1.54) is 6.42 Å². The fourth-order valence-electron chi connectivity index (χ4n) is 3.47. The van der Waals surface area contributed by atoms with Gasteiger partial charge in [0.25, 0.3) is 5.91 Å². The van der Waals surface area contributed by atoms with E-state index in [1.54, 1.807) is 30.3 Å². The molecule has 1 saturated heterocycles. The normalized spacial score (nSPS) is 16.2. The number of rotatable bonds is 3. The Morgan fingerprint density at radius 3 is 2.31 bits per heavy atom. The summed E-state index contributed by atoms with van der Waals surface area (Å²) < 4.78 is 5.76. The van der Waals surface area contributed by atoms with Gasteiger partial charge in [-0.15, -0.1) is 0 Å². The Morgan fingerprint density at radius 2 is 1.62 bits per heavy atom. The smallest absolute Gasteiger partial charge is 0.335 e. The first kappa shape index (κ1) is 16.4. The van der Waals surface area contributed by atoms with Gasteiger partial charge in [-0.1, -0.05) is 0 Å². The van der Waals surface area contributed by atoms with Crippen LogP contribution in [0.4, 0.5) is 11.4 Å². The Bertz CT molecular complexity index is 841. The molecule has 0 aliphatic carbocycles. The van der Waals surface area contributed by atoms with Crippen molar-refractivity contribution >= 4 is 23.3 Å². The van der Waals surface area contributed by atoms with E-state index in [4.69, 9.17) is 9.84 Å². The maximum atomic E-state index is 12.7. The van der Waals surface area contributed by atoms with Crippen molar-refractivity contribution in [1.82, 2.24) is 4.90 Å². The standard InChI is InChI=1S/C20H20N2O4/c23-19(21-10-2-1-3-11-21)15-6-9-17-18(12-15)26-13-22(17)16-7-4-14(5-8-16)20(24)25/h4-9,12H,1-3,10-11,13H2,(H,24,25). The zero-order valence-corrected chi connectivity index (χ0v) is 14.4. The number of carboxylic acids is 1. The van der Waals surface area contributed by atoms with Crippen LogP contribution in [0, 0.1) is 0 Å². The molecule has 0 aromatic heterocycles. The van der Waals surface area contributed by atoms with E-state index >= 15 is 0 Å². The molecule has 1 N–H and O–H groups in total. The number of hydrogen-bond acceptors (Lipinski definition) is 4. The average Bonchev–Trinajstić information content (AvgIpc) is 3.11. The van der Waals surface area contributed by atoms with E-state index in [0.29, 0.717) is 18.0 Å². The molecule has 0 bridgehead atoms. The molecule has 2 aliphatic rings. The maximum absolute atomic E-state index is 12.7. The number of likely N-dealkylation sites (tertiary alicyclic amines) is 1. The van der Waals surface area contributed by atoms with Crippen LogP contribution in [0.15, 0.2) is 42.5 Å². The Balaban J connectivity index is 1.56. The first-order chi connectivity index (χ1) is 12.6. The molecule has 134 valence electrons. The van der Waals surface area contributed by atoms with E-state index in [2.05, 4.69) is 0 Å². The molecule has 1 fully saturated rings. The summed E-state index contributed by atoms with van der Waals surface area (Å²) in [6, 6.07) is 12.2. The highest BCUT2D eigenvalue weighted by Gasteiger charge is 2.25. The van der Waals surface area contributed by atoms with Gasteiger partial charge in [0, 0.05) is 24.3 Å². The van der Waals surface area contributed by atoms with Crippen molar-refractivity contribution in [2.45, 2.75) is 19.3 Å². The molecule has 0 radical (unpaired) electrons. The summed E-state index contributed by atoms with van der Waals surface area (Å²) in [6.07, 6.45) is 3.31. The molecule has 0 unspecified atom stereocenters. The zero-order chi connectivity index (χ0) is 18.1. The number of aromatic carboxylic acids is 1. The van der Waals surface area contributed by atoms with Gasteiger partial charge in [0.05, 0.1) is 11.3 Å². The van der Waals surface area contributed by atoms with Gasteiger partial charge in [-0.3, -0.25) is 4.79 Å². The topological polar surface area (TPSA) is 70.1 Å². The summed E-state index contributed by atoms with van der Waals surface area (Å²) >= 11 is 0. The summed E-state index contributed by atoms with van der Waals surface area (Å²) in [7, 11) is 0. The summed E-state index contributed by atoms with van der Waals surface area (Å²) in [5.74, 6) is -0.217.